The molecule has 0 saturated heterocycles. The van der Waals surface area contributed by atoms with Crippen LogP contribution in [-0.2, 0) is 0 Å². The Bertz CT molecular complexity index is 5280. The van der Waals surface area contributed by atoms with Crippen molar-refractivity contribution in [1.29, 1.82) is 10.5 Å². The molecule has 0 aliphatic carbocycles. The maximum Gasteiger partial charge on any atom is 0.271 e. The molecule has 0 saturated carbocycles. The summed E-state index contributed by atoms with van der Waals surface area (Å²) < 4.78 is 0. The molecule has 15 rings (SSSR count). The van der Waals surface area contributed by atoms with Crippen molar-refractivity contribution < 1.29 is 4.92 Å². The van der Waals surface area contributed by atoms with Crippen LogP contribution < -0.4 is 29.4 Å². The molecule has 11 heteroatoms. The highest BCUT2D eigenvalue weighted by molar-refractivity contribution is 5.83. The van der Waals surface area contributed by atoms with Crippen LogP contribution in [0, 0.1) is 32.8 Å². The van der Waals surface area contributed by atoms with E-state index in [0.717, 1.165) is 108 Å². The lowest BCUT2D eigenvalue weighted by atomic mass is 10.0. The van der Waals surface area contributed by atoms with Gasteiger partial charge in [0.05, 0.1) is 28.2 Å². The first-order valence-electron chi connectivity index (χ1n) is 34.8. The molecule has 15 aromatic rings. The fraction of sp³-hybridized carbons (Fsp3) is 0.0316. The molecule has 0 amide bonds. The van der Waals surface area contributed by atoms with Gasteiger partial charge in [-0.1, -0.05) is 194 Å². The van der Waals surface area contributed by atoms with Gasteiger partial charge in [0.25, 0.3) is 5.69 Å². The Morgan fingerprint density at radius 2 is 0.434 bits per heavy atom. The van der Waals surface area contributed by atoms with E-state index >= 15 is 0 Å². The second-order valence-corrected chi connectivity index (χ2v) is 25.1. The lowest BCUT2D eigenvalue weighted by Gasteiger charge is -2.25. The molecular formula is C95H75N9O2. The molecule has 0 atom stereocenters. The van der Waals surface area contributed by atoms with Gasteiger partial charge in [-0.2, -0.15) is 10.5 Å². The Kier molecular flexibility index (Phi) is 22.3. The van der Waals surface area contributed by atoms with Gasteiger partial charge in [-0.05, 0) is 228 Å². The summed E-state index contributed by atoms with van der Waals surface area (Å²) in [4.78, 5) is 23.7. The third kappa shape index (κ3) is 16.9. The first-order valence-corrected chi connectivity index (χ1v) is 34.8. The Morgan fingerprint density at radius 1 is 0.226 bits per heavy atom. The average Bonchev–Trinajstić information content (AvgIpc) is 0.817. The van der Waals surface area contributed by atoms with Crippen molar-refractivity contribution in [2.45, 2.75) is 0 Å². The van der Waals surface area contributed by atoms with Crippen LogP contribution in [0.5, 0.6) is 0 Å². The van der Waals surface area contributed by atoms with Gasteiger partial charge in [0.1, 0.15) is 0 Å². The Morgan fingerprint density at radius 3 is 0.689 bits per heavy atom. The predicted octanol–water partition coefficient (Wildman–Crippen LogP) is 25.4. The number of benzene rings is 15. The molecule has 0 bridgehead atoms. The van der Waals surface area contributed by atoms with Crippen LogP contribution in [0.4, 0.5) is 91.0 Å². The second-order valence-electron chi connectivity index (χ2n) is 25.1. The van der Waals surface area contributed by atoms with E-state index < -0.39 is 0 Å². The Labute approximate surface area is 620 Å². The monoisotopic (exact) mass is 1370 g/mol. The third-order valence-electron chi connectivity index (χ3n) is 18.4. The molecule has 0 radical (unpaired) electrons. The van der Waals surface area contributed by atoms with Crippen molar-refractivity contribution in [3.8, 4) is 45.5 Å². The van der Waals surface area contributed by atoms with Gasteiger partial charge < -0.3 is 29.4 Å². The van der Waals surface area contributed by atoms with Crippen molar-refractivity contribution >= 4 is 91.0 Å². The maximum atomic E-state index is 11.1. The SMILES string of the molecule is CN(c1ccc(-c2ccc(N(c3ccccc3)c3ccccc3)cc2)cc1)c1cccc(C#N)c1.CN(c1ccc(-c2ccc(N(c3ccccc3)c3ccccc3)cc2)cc1)c1cccc([N+](=O)[O-])c1.CN(c1ccc(C#N)cc1)c1ccc(-c2ccc(N(c3ccccc3)c3ccccc3)cc2)cc1. The normalized spacial score (nSPS) is 10.5. The van der Waals surface area contributed by atoms with E-state index in [4.69, 9.17) is 5.26 Å². The minimum absolute atomic E-state index is 0.0797. The quantitative estimate of drug-likeness (QED) is 0.0573. The van der Waals surface area contributed by atoms with E-state index in [9.17, 15) is 15.4 Å². The summed E-state index contributed by atoms with van der Waals surface area (Å²) in [5, 5.41) is 29.3. The molecule has 0 heterocycles. The third-order valence-corrected chi connectivity index (χ3v) is 18.4. The van der Waals surface area contributed by atoms with Crippen LogP contribution in [0.25, 0.3) is 33.4 Å². The number of nitrogens with zero attached hydrogens (tertiary/aromatic N) is 9. The smallest absolute Gasteiger partial charge is 0.271 e. The number of nitro benzene ring substituents is 1. The van der Waals surface area contributed by atoms with Crippen LogP contribution in [0.2, 0.25) is 0 Å². The van der Waals surface area contributed by atoms with Crippen LogP contribution in [0.3, 0.4) is 0 Å². The van der Waals surface area contributed by atoms with Crippen LogP contribution >= 0.6 is 0 Å². The van der Waals surface area contributed by atoms with E-state index in [-0.39, 0.29) is 10.6 Å². The van der Waals surface area contributed by atoms with E-state index in [1.54, 1.807) is 12.1 Å². The highest BCUT2D eigenvalue weighted by Crippen LogP contribution is 2.40. The van der Waals surface area contributed by atoms with E-state index in [0.29, 0.717) is 11.1 Å². The van der Waals surface area contributed by atoms with E-state index in [2.05, 4.69) is 291 Å². The zero-order valence-electron chi connectivity index (χ0n) is 58.9. The second kappa shape index (κ2) is 33.8. The minimum Gasteiger partial charge on any atom is -0.345 e. The zero-order valence-corrected chi connectivity index (χ0v) is 58.9. The first-order chi connectivity index (χ1) is 52.0. The zero-order chi connectivity index (χ0) is 73.0. The highest BCUT2D eigenvalue weighted by atomic mass is 16.6. The molecule has 512 valence electrons. The largest absolute Gasteiger partial charge is 0.345 e. The highest BCUT2D eigenvalue weighted by Gasteiger charge is 2.18. The molecule has 106 heavy (non-hydrogen) atoms. The number of para-hydroxylation sites is 6. The van der Waals surface area contributed by atoms with Crippen molar-refractivity contribution in [3.05, 3.63) is 422 Å². The Hall–Kier alpha value is -14.5. The summed E-state index contributed by atoms with van der Waals surface area (Å²) in [6, 6.07) is 140. The molecule has 0 aliphatic rings. The summed E-state index contributed by atoms with van der Waals surface area (Å²) in [7, 11) is 5.96. The average molecular weight is 1370 g/mol. The van der Waals surface area contributed by atoms with Crippen molar-refractivity contribution in [2.75, 3.05) is 50.5 Å². The van der Waals surface area contributed by atoms with Gasteiger partial charge in [0, 0.05) is 119 Å². The van der Waals surface area contributed by atoms with Crippen LogP contribution in [0.15, 0.2) is 400 Å². The van der Waals surface area contributed by atoms with Gasteiger partial charge in [-0.3, -0.25) is 10.1 Å². The molecule has 0 spiro atoms. The number of hydrogen-bond donors (Lipinski definition) is 0. The molecule has 11 nitrogen and oxygen atoms in total. The number of non-ortho nitro benzene ring substituents is 1. The van der Waals surface area contributed by atoms with Crippen molar-refractivity contribution in [2.24, 2.45) is 0 Å². The predicted molar refractivity (Wildman–Crippen MR) is 439 cm³/mol. The van der Waals surface area contributed by atoms with Gasteiger partial charge in [-0.25, -0.2) is 0 Å². The topological polar surface area (TPSA) is 110 Å². The molecule has 0 aliphatic heterocycles. The van der Waals surface area contributed by atoms with Gasteiger partial charge in [0.2, 0.25) is 0 Å². The van der Waals surface area contributed by atoms with Crippen molar-refractivity contribution in [3.63, 3.8) is 0 Å². The van der Waals surface area contributed by atoms with E-state index in [1.165, 1.54) is 17.2 Å². The fourth-order valence-electron chi connectivity index (χ4n) is 12.7. The maximum absolute atomic E-state index is 11.1. The molecule has 15 aromatic carbocycles. The number of nitriles is 2. The summed E-state index contributed by atoms with van der Waals surface area (Å²) in [5.41, 5.74) is 24.2. The van der Waals surface area contributed by atoms with Crippen LogP contribution in [0.1, 0.15) is 11.1 Å². The van der Waals surface area contributed by atoms with Crippen molar-refractivity contribution in [1.82, 2.24) is 0 Å². The number of nitro groups is 1. The van der Waals surface area contributed by atoms with E-state index in [1.807, 2.05) is 153 Å². The molecule has 0 unspecified atom stereocenters. The van der Waals surface area contributed by atoms with Gasteiger partial charge in [0.15, 0.2) is 0 Å². The molecule has 0 aromatic heterocycles. The summed E-state index contributed by atoms with van der Waals surface area (Å²) in [5.74, 6) is 0. The number of rotatable bonds is 19. The number of anilines is 15. The van der Waals surface area contributed by atoms with Gasteiger partial charge in [-0.15, -0.1) is 0 Å². The summed E-state index contributed by atoms with van der Waals surface area (Å²) >= 11 is 0. The summed E-state index contributed by atoms with van der Waals surface area (Å²) in [6.07, 6.45) is 0. The standard InChI is InChI=1S/2C32H25N3.C31H25N3O2/c1-34(32-14-8-9-25(23-32)24-33)28-19-15-26(16-20-28)27-17-21-31(22-18-27)35(29-10-4-2-5-11-29)30-12-6-3-7-13-30;1-34(28-18-12-25(24-33)13-19-28)29-20-14-26(15-21-29)27-16-22-32(23-17-27)35(30-8-4-2-5-9-30)31-10-6-3-7-11-31;1-32(30-13-8-14-31(23-30)34(35)36)26-19-15-24(16-20-26)25-17-21-29(22-18-25)33(27-9-4-2-5-10-27)28-11-6-3-7-12-28/h2*2-23H,1H3;2-23H,1H3. The minimum atomic E-state index is -0.374. The summed E-state index contributed by atoms with van der Waals surface area (Å²) in [6.45, 7) is 0. The fourth-order valence-corrected chi connectivity index (χ4v) is 12.7. The lowest BCUT2D eigenvalue weighted by molar-refractivity contribution is -0.384. The molecular weight excluding hydrogens is 1300 g/mol. The van der Waals surface area contributed by atoms with Crippen LogP contribution in [-0.4, -0.2) is 26.1 Å². The van der Waals surface area contributed by atoms with Gasteiger partial charge >= 0.3 is 0 Å². The molecule has 0 N–H and O–H groups in total. The Balaban J connectivity index is 0.000000141. The lowest BCUT2D eigenvalue weighted by Crippen LogP contribution is -2.09. The molecule has 0 fully saturated rings. The number of hydrogen-bond acceptors (Lipinski definition) is 10. The first kappa shape index (κ1) is 69.9.